The lowest BCUT2D eigenvalue weighted by Crippen LogP contribution is -2.37. The van der Waals surface area contributed by atoms with Crippen molar-refractivity contribution in [3.05, 3.63) is 12.7 Å². The molecule has 0 aromatic heterocycles. The Labute approximate surface area is 78.4 Å². The van der Waals surface area contributed by atoms with E-state index in [4.69, 9.17) is 4.74 Å². The Balaban J connectivity index is 2.13. The lowest BCUT2D eigenvalue weighted by atomic mass is 9.87. The van der Waals surface area contributed by atoms with Crippen molar-refractivity contribution in [1.82, 2.24) is 4.90 Å². The number of ether oxygens (including phenoxy) is 1. The fourth-order valence-corrected chi connectivity index (χ4v) is 2.25. The lowest BCUT2D eigenvalue weighted by molar-refractivity contribution is 0.0495. The fourth-order valence-electron chi connectivity index (χ4n) is 2.25. The first kappa shape index (κ1) is 8.60. The number of rotatable bonds is 2. The number of fused-ring (bicyclic) bond motifs is 1. The highest BCUT2D eigenvalue weighted by Crippen LogP contribution is 2.47. The van der Waals surface area contributed by atoms with Crippen LogP contribution >= 0.6 is 0 Å². The maximum atomic E-state index is 11.3. The second-order valence-corrected chi connectivity index (χ2v) is 4.49. The van der Waals surface area contributed by atoms with Gasteiger partial charge in [-0.25, -0.2) is 4.79 Å². The first-order chi connectivity index (χ1) is 6.08. The Morgan fingerprint density at radius 1 is 1.77 bits per heavy atom. The molecule has 0 aromatic rings. The van der Waals surface area contributed by atoms with Crippen molar-refractivity contribution in [3.63, 3.8) is 0 Å². The number of carbonyl (C=O) groups is 1. The molecule has 0 saturated carbocycles. The molecular weight excluding hydrogens is 166 g/mol. The Hall–Kier alpha value is -0.990. The minimum atomic E-state index is -0.156. The molecule has 2 aliphatic rings. The third-order valence-corrected chi connectivity index (χ3v) is 2.92. The molecule has 1 unspecified atom stereocenters. The smallest absolute Gasteiger partial charge is 0.410 e. The van der Waals surface area contributed by atoms with Crippen LogP contribution in [0.4, 0.5) is 4.79 Å². The van der Waals surface area contributed by atoms with Crippen molar-refractivity contribution in [2.24, 2.45) is 5.41 Å². The summed E-state index contributed by atoms with van der Waals surface area (Å²) in [5, 5.41) is 0. The number of hydrogen-bond acceptors (Lipinski definition) is 2. The Kier molecular flexibility index (Phi) is 1.65. The third kappa shape index (κ3) is 1.14. The predicted molar refractivity (Wildman–Crippen MR) is 49.4 cm³/mol. The SMILES string of the molecule is C=CCC1[C@@H]2N1C(=O)OCC2(C)C. The van der Waals surface area contributed by atoms with E-state index < -0.39 is 0 Å². The molecule has 2 rings (SSSR count). The molecule has 2 heterocycles. The van der Waals surface area contributed by atoms with Crippen LogP contribution in [0.15, 0.2) is 12.7 Å². The van der Waals surface area contributed by atoms with Gasteiger partial charge in [0.05, 0.1) is 12.1 Å². The highest BCUT2D eigenvalue weighted by atomic mass is 16.6. The summed E-state index contributed by atoms with van der Waals surface area (Å²) in [6.45, 7) is 8.51. The van der Waals surface area contributed by atoms with E-state index in [-0.39, 0.29) is 11.5 Å². The van der Waals surface area contributed by atoms with Crippen LogP contribution in [-0.4, -0.2) is 29.7 Å². The number of nitrogens with zero attached hydrogens (tertiary/aromatic N) is 1. The zero-order valence-corrected chi connectivity index (χ0v) is 8.12. The van der Waals surface area contributed by atoms with Crippen LogP contribution in [-0.2, 0) is 4.74 Å². The normalized spacial score (nSPS) is 34.9. The molecule has 2 aliphatic heterocycles. The van der Waals surface area contributed by atoms with E-state index in [1.165, 1.54) is 0 Å². The van der Waals surface area contributed by atoms with E-state index in [9.17, 15) is 4.79 Å². The molecule has 72 valence electrons. The molecule has 3 nitrogen and oxygen atoms in total. The van der Waals surface area contributed by atoms with Gasteiger partial charge in [-0.05, 0) is 6.42 Å². The maximum Gasteiger partial charge on any atom is 0.410 e. The van der Waals surface area contributed by atoms with Crippen molar-refractivity contribution >= 4 is 6.09 Å². The van der Waals surface area contributed by atoms with Gasteiger partial charge in [0.15, 0.2) is 0 Å². The van der Waals surface area contributed by atoms with E-state index in [1.54, 1.807) is 0 Å². The summed E-state index contributed by atoms with van der Waals surface area (Å²) in [4.78, 5) is 13.1. The van der Waals surface area contributed by atoms with E-state index in [0.717, 1.165) is 6.42 Å². The molecule has 2 saturated heterocycles. The third-order valence-electron chi connectivity index (χ3n) is 2.92. The molecule has 0 aliphatic carbocycles. The molecule has 0 radical (unpaired) electrons. The molecule has 2 atom stereocenters. The molecule has 0 aromatic carbocycles. The molecule has 3 heteroatoms. The number of cyclic esters (lactones) is 1. The van der Waals surface area contributed by atoms with Crippen molar-refractivity contribution in [2.45, 2.75) is 32.4 Å². The molecular formula is C10H15NO2. The topological polar surface area (TPSA) is 29.3 Å². The number of amides is 1. The molecule has 2 fully saturated rings. The number of carbonyl (C=O) groups excluding carboxylic acids is 1. The average molecular weight is 181 g/mol. The molecule has 13 heavy (non-hydrogen) atoms. The van der Waals surface area contributed by atoms with Crippen LogP contribution in [0.3, 0.4) is 0 Å². The van der Waals surface area contributed by atoms with E-state index in [1.807, 2.05) is 11.0 Å². The fraction of sp³-hybridized carbons (Fsp3) is 0.700. The summed E-state index contributed by atoms with van der Waals surface area (Å²) in [5.74, 6) is 0. The van der Waals surface area contributed by atoms with Crippen LogP contribution in [0.1, 0.15) is 20.3 Å². The molecule has 0 N–H and O–H groups in total. The van der Waals surface area contributed by atoms with E-state index in [2.05, 4.69) is 20.4 Å². The summed E-state index contributed by atoms with van der Waals surface area (Å²) in [6.07, 6.45) is 2.59. The van der Waals surface area contributed by atoms with Gasteiger partial charge in [0.2, 0.25) is 0 Å². The highest BCUT2D eigenvalue weighted by molar-refractivity contribution is 5.73. The lowest BCUT2D eigenvalue weighted by Gasteiger charge is -2.28. The van der Waals surface area contributed by atoms with E-state index in [0.29, 0.717) is 18.7 Å². The molecule has 0 spiro atoms. The minimum Gasteiger partial charge on any atom is -0.449 e. The van der Waals surface area contributed by atoms with Gasteiger partial charge in [-0.3, -0.25) is 4.90 Å². The Morgan fingerprint density at radius 2 is 2.46 bits per heavy atom. The Bertz CT molecular complexity index is 260. The van der Waals surface area contributed by atoms with Gasteiger partial charge in [0.25, 0.3) is 0 Å². The standard InChI is InChI=1S/C10H15NO2/c1-4-5-7-8-10(2,3)6-13-9(12)11(7)8/h4,7-8H,1,5-6H2,2-3H3/t7?,8-,11?/m0/s1. The molecule has 0 bridgehead atoms. The highest BCUT2D eigenvalue weighted by Gasteiger charge is 2.61. The number of hydrogen-bond donors (Lipinski definition) is 0. The Morgan fingerprint density at radius 3 is 3.00 bits per heavy atom. The van der Waals surface area contributed by atoms with Crippen molar-refractivity contribution in [1.29, 1.82) is 0 Å². The summed E-state index contributed by atoms with van der Waals surface area (Å²) >= 11 is 0. The second kappa shape index (κ2) is 2.50. The van der Waals surface area contributed by atoms with Crippen LogP contribution in [0.25, 0.3) is 0 Å². The summed E-state index contributed by atoms with van der Waals surface area (Å²) in [6, 6.07) is 0.703. The average Bonchev–Trinajstić information content (AvgIpc) is 2.75. The van der Waals surface area contributed by atoms with E-state index >= 15 is 0 Å². The summed E-state index contributed by atoms with van der Waals surface area (Å²) in [7, 11) is 0. The zero-order valence-electron chi connectivity index (χ0n) is 8.12. The van der Waals surface area contributed by atoms with Crippen LogP contribution < -0.4 is 0 Å². The van der Waals surface area contributed by atoms with Gasteiger partial charge in [-0.15, -0.1) is 6.58 Å². The van der Waals surface area contributed by atoms with Crippen molar-refractivity contribution in [2.75, 3.05) is 6.61 Å². The second-order valence-electron chi connectivity index (χ2n) is 4.49. The van der Waals surface area contributed by atoms with Crippen LogP contribution in [0, 0.1) is 5.41 Å². The quantitative estimate of drug-likeness (QED) is 0.480. The zero-order chi connectivity index (χ0) is 9.64. The monoisotopic (exact) mass is 181 g/mol. The van der Waals surface area contributed by atoms with Gasteiger partial charge < -0.3 is 4.74 Å². The summed E-state index contributed by atoms with van der Waals surface area (Å²) < 4.78 is 5.08. The predicted octanol–water partition coefficient (Wildman–Crippen LogP) is 1.79. The minimum absolute atomic E-state index is 0.0988. The van der Waals surface area contributed by atoms with Crippen molar-refractivity contribution in [3.8, 4) is 0 Å². The van der Waals surface area contributed by atoms with Crippen LogP contribution in [0.2, 0.25) is 0 Å². The largest absolute Gasteiger partial charge is 0.449 e. The van der Waals surface area contributed by atoms with Gasteiger partial charge in [-0.1, -0.05) is 19.9 Å². The van der Waals surface area contributed by atoms with Gasteiger partial charge in [0.1, 0.15) is 6.61 Å². The van der Waals surface area contributed by atoms with Gasteiger partial charge in [-0.2, -0.15) is 0 Å². The first-order valence-corrected chi connectivity index (χ1v) is 4.64. The van der Waals surface area contributed by atoms with Gasteiger partial charge >= 0.3 is 6.09 Å². The van der Waals surface area contributed by atoms with Crippen LogP contribution in [0.5, 0.6) is 0 Å². The molecule has 1 amide bonds. The van der Waals surface area contributed by atoms with Gasteiger partial charge in [0, 0.05) is 5.41 Å². The first-order valence-electron chi connectivity index (χ1n) is 4.64. The maximum absolute atomic E-state index is 11.3. The summed E-state index contributed by atoms with van der Waals surface area (Å²) in [5.41, 5.74) is 0.0988. The van der Waals surface area contributed by atoms with Crippen molar-refractivity contribution < 1.29 is 9.53 Å².